The summed E-state index contributed by atoms with van der Waals surface area (Å²) in [4.78, 5) is 25.7. The molecule has 0 aliphatic rings. The second kappa shape index (κ2) is 6.72. The minimum Gasteiger partial charge on any atom is -0.290 e. The Balaban J connectivity index is 1.85. The molecule has 26 heavy (non-hydrogen) atoms. The summed E-state index contributed by atoms with van der Waals surface area (Å²) in [7, 11) is 0. The summed E-state index contributed by atoms with van der Waals surface area (Å²) in [6.07, 6.45) is 3.18. The number of pyridine rings is 1. The van der Waals surface area contributed by atoms with Crippen molar-refractivity contribution in [2.45, 2.75) is 6.92 Å². The highest BCUT2D eigenvalue weighted by atomic mass is 16.1. The van der Waals surface area contributed by atoms with E-state index in [1.165, 1.54) is 0 Å². The van der Waals surface area contributed by atoms with Crippen LogP contribution in [-0.4, -0.2) is 20.9 Å². The summed E-state index contributed by atoms with van der Waals surface area (Å²) in [5.74, 6) is 0.0143. The Hall–Kier alpha value is -3.60. The number of rotatable bonds is 3. The fourth-order valence-corrected chi connectivity index (χ4v) is 2.89. The maximum absolute atomic E-state index is 12.9. The topological polar surface area (TPSA) is 67.8 Å². The number of benzene rings is 2. The minimum absolute atomic E-state index is 0.260. The van der Waals surface area contributed by atoms with Crippen molar-refractivity contribution in [1.29, 1.82) is 0 Å². The summed E-state index contributed by atoms with van der Waals surface area (Å²) in [6.45, 7) is 2.03. The van der Waals surface area contributed by atoms with Gasteiger partial charge in [-0.05, 0) is 30.7 Å². The average Bonchev–Trinajstić information content (AvgIpc) is 2.68. The van der Waals surface area contributed by atoms with Gasteiger partial charge in [0.25, 0.3) is 5.91 Å². The summed E-state index contributed by atoms with van der Waals surface area (Å²) in [6, 6.07) is 19.1. The molecule has 0 fully saturated rings. The first-order chi connectivity index (χ1) is 12.7. The molecule has 0 bridgehead atoms. The summed E-state index contributed by atoms with van der Waals surface area (Å²) < 4.78 is 0. The van der Waals surface area contributed by atoms with Crippen molar-refractivity contribution in [2.24, 2.45) is 0 Å². The number of fused-ring (bicyclic) bond motifs is 1. The van der Waals surface area contributed by atoms with Gasteiger partial charge >= 0.3 is 0 Å². The summed E-state index contributed by atoms with van der Waals surface area (Å²) in [5, 5.41) is 3.54. The number of aromatic nitrogens is 3. The molecule has 2 heterocycles. The number of aryl methyl sites for hydroxylation is 1. The molecule has 1 N–H and O–H groups in total. The molecule has 4 rings (SSSR count). The molecule has 1 amide bonds. The van der Waals surface area contributed by atoms with Crippen LogP contribution in [0.15, 0.2) is 73.1 Å². The van der Waals surface area contributed by atoms with Gasteiger partial charge in [-0.2, -0.15) is 0 Å². The lowest BCUT2D eigenvalue weighted by molar-refractivity contribution is 0.102. The molecule has 126 valence electrons. The number of carbonyl (C=O) groups is 1. The van der Waals surface area contributed by atoms with Crippen molar-refractivity contribution in [3.63, 3.8) is 0 Å². The number of nitrogens with zero attached hydrogens (tertiary/aromatic N) is 3. The van der Waals surface area contributed by atoms with Gasteiger partial charge in [-0.1, -0.05) is 42.5 Å². The Morgan fingerprint density at radius 2 is 1.65 bits per heavy atom. The molecule has 0 atom stereocenters. The molecule has 4 aromatic rings. The van der Waals surface area contributed by atoms with Gasteiger partial charge < -0.3 is 0 Å². The Kier molecular flexibility index (Phi) is 4.11. The number of amides is 1. The molecule has 2 aromatic carbocycles. The smallest absolute Gasteiger partial charge is 0.258 e. The third-order valence-corrected chi connectivity index (χ3v) is 4.17. The Bertz CT molecular complexity index is 1090. The van der Waals surface area contributed by atoms with Gasteiger partial charge in [0.2, 0.25) is 5.95 Å². The van der Waals surface area contributed by atoms with Crippen LogP contribution in [0.5, 0.6) is 0 Å². The van der Waals surface area contributed by atoms with E-state index in [9.17, 15) is 4.79 Å². The highest BCUT2D eigenvalue weighted by molar-refractivity contribution is 6.12. The van der Waals surface area contributed by atoms with Crippen LogP contribution in [-0.2, 0) is 0 Å². The number of anilines is 1. The van der Waals surface area contributed by atoms with Crippen molar-refractivity contribution in [2.75, 3.05) is 5.32 Å². The van der Waals surface area contributed by atoms with Crippen LogP contribution < -0.4 is 5.32 Å². The first-order valence-corrected chi connectivity index (χ1v) is 8.26. The van der Waals surface area contributed by atoms with E-state index in [2.05, 4.69) is 15.3 Å². The van der Waals surface area contributed by atoms with Crippen molar-refractivity contribution in [3.8, 4) is 11.3 Å². The van der Waals surface area contributed by atoms with E-state index in [0.29, 0.717) is 5.56 Å². The fourth-order valence-electron chi connectivity index (χ4n) is 2.89. The van der Waals surface area contributed by atoms with Crippen LogP contribution in [0.25, 0.3) is 22.2 Å². The first kappa shape index (κ1) is 15.9. The number of carbonyl (C=O) groups excluding carboxylic acids is 1. The molecular formula is C21H16N4O. The van der Waals surface area contributed by atoms with Gasteiger partial charge in [0, 0.05) is 23.3 Å². The molecule has 0 unspecified atom stereocenters. The van der Waals surface area contributed by atoms with Crippen molar-refractivity contribution < 1.29 is 4.79 Å². The number of hydrogen-bond donors (Lipinski definition) is 1. The van der Waals surface area contributed by atoms with E-state index in [-0.39, 0.29) is 11.9 Å². The molecule has 5 heteroatoms. The highest BCUT2D eigenvalue weighted by Crippen LogP contribution is 2.27. The summed E-state index contributed by atoms with van der Waals surface area (Å²) >= 11 is 0. The lowest BCUT2D eigenvalue weighted by atomic mass is 10.0. The van der Waals surface area contributed by atoms with Crippen LogP contribution in [0.2, 0.25) is 0 Å². The van der Waals surface area contributed by atoms with Gasteiger partial charge in [-0.15, -0.1) is 0 Å². The predicted octanol–water partition coefficient (Wildman–Crippen LogP) is 4.25. The molecule has 5 nitrogen and oxygen atoms in total. The number of nitrogens with one attached hydrogen (secondary N) is 1. The van der Waals surface area contributed by atoms with Gasteiger partial charge in [0.1, 0.15) is 0 Å². The fraction of sp³-hybridized carbons (Fsp3) is 0.0476. The second-order valence-corrected chi connectivity index (χ2v) is 5.91. The second-order valence-electron chi connectivity index (χ2n) is 5.91. The molecule has 0 aliphatic carbocycles. The van der Waals surface area contributed by atoms with E-state index < -0.39 is 0 Å². The monoisotopic (exact) mass is 340 g/mol. The lowest BCUT2D eigenvalue weighted by Gasteiger charge is -2.11. The third-order valence-electron chi connectivity index (χ3n) is 4.17. The third kappa shape index (κ3) is 3.02. The van der Waals surface area contributed by atoms with Crippen molar-refractivity contribution >= 4 is 22.8 Å². The average molecular weight is 340 g/mol. The number of hydrogen-bond acceptors (Lipinski definition) is 4. The molecular weight excluding hydrogens is 324 g/mol. The Morgan fingerprint density at radius 3 is 2.46 bits per heavy atom. The number of para-hydroxylation sites is 1. The standard InChI is InChI=1S/C21H16N4O/c1-14-7-2-3-8-15(14)19-13-17(16-9-4-5-10-18(16)24-19)20(26)25-21-22-11-6-12-23-21/h2-13H,1H3,(H,22,23,25,26). The minimum atomic E-state index is -0.260. The van der Waals surface area contributed by atoms with E-state index >= 15 is 0 Å². The SMILES string of the molecule is Cc1ccccc1-c1cc(C(=O)Nc2ncccn2)c2ccccc2n1. The van der Waals surface area contributed by atoms with Crippen LogP contribution in [0.3, 0.4) is 0 Å². The van der Waals surface area contributed by atoms with Gasteiger partial charge in [-0.25, -0.2) is 15.0 Å². The lowest BCUT2D eigenvalue weighted by Crippen LogP contribution is -2.15. The molecule has 0 saturated carbocycles. The first-order valence-electron chi connectivity index (χ1n) is 8.26. The van der Waals surface area contributed by atoms with Crippen LogP contribution in [0.1, 0.15) is 15.9 Å². The zero-order valence-electron chi connectivity index (χ0n) is 14.2. The zero-order chi connectivity index (χ0) is 17.9. The van der Waals surface area contributed by atoms with Crippen LogP contribution in [0.4, 0.5) is 5.95 Å². The normalized spacial score (nSPS) is 10.7. The molecule has 0 radical (unpaired) electrons. The van der Waals surface area contributed by atoms with Crippen molar-refractivity contribution in [3.05, 3.63) is 84.2 Å². The van der Waals surface area contributed by atoms with E-state index in [0.717, 1.165) is 27.7 Å². The zero-order valence-corrected chi connectivity index (χ0v) is 14.2. The van der Waals surface area contributed by atoms with Gasteiger partial charge in [0.05, 0.1) is 16.8 Å². The van der Waals surface area contributed by atoms with Gasteiger partial charge in [0.15, 0.2) is 0 Å². The largest absolute Gasteiger partial charge is 0.290 e. The Morgan fingerprint density at radius 1 is 0.923 bits per heavy atom. The van der Waals surface area contributed by atoms with Crippen LogP contribution in [0, 0.1) is 6.92 Å². The molecule has 0 spiro atoms. The quantitative estimate of drug-likeness (QED) is 0.605. The predicted molar refractivity (Wildman–Crippen MR) is 102 cm³/mol. The maximum Gasteiger partial charge on any atom is 0.258 e. The molecule has 0 aliphatic heterocycles. The van der Waals surface area contributed by atoms with Crippen LogP contribution >= 0.6 is 0 Å². The molecule has 0 saturated heterocycles. The molecule has 2 aromatic heterocycles. The summed E-state index contributed by atoms with van der Waals surface area (Å²) in [5.41, 5.74) is 4.19. The van der Waals surface area contributed by atoms with E-state index in [4.69, 9.17) is 4.98 Å². The Labute approximate surface area is 150 Å². The van der Waals surface area contributed by atoms with E-state index in [1.807, 2.05) is 61.5 Å². The van der Waals surface area contributed by atoms with E-state index in [1.54, 1.807) is 18.5 Å². The highest BCUT2D eigenvalue weighted by Gasteiger charge is 2.15. The maximum atomic E-state index is 12.9. The van der Waals surface area contributed by atoms with Gasteiger partial charge in [-0.3, -0.25) is 10.1 Å². The van der Waals surface area contributed by atoms with Crippen molar-refractivity contribution in [1.82, 2.24) is 15.0 Å².